The molecule has 23 heavy (non-hydrogen) atoms. The third kappa shape index (κ3) is 4.69. The summed E-state index contributed by atoms with van der Waals surface area (Å²) in [6.07, 6.45) is 1.08. The molecule has 2 unspecified atom stereocenters. The molecule has 1 amide bonds. The van der Waals surface area contributed by atoms with E-state index < -0.39 is 5.92 Å². The van der Waals surface area contributed by atoms with Crippen molar-refractivity contribution < 1.29 is 9.90 Å². The third-order valence-corrected chi connectivity index (χ3v) is 4.95. The summed E-state index contributed by atoms with van der Waals surface area (Å²) in [5.74, 6) is -0.170. The Labute approximate surface area is 140 Å². The van der Waals surface area contributed by atoms with Gasteiger partial charge in [-0.05, 0) is 25.0 Å². The molecule has 2 aromatic rings. The van der Waals surface area contributed by atoms with E-state index in [1.54, 1.807) is 6.92 Å². The maximum absolute atomic E-state index is 12.3. The van der Waals surface area contributed by atoms with Crippen molar-refractivity contribution in [3.8, 4) is 5.88 Å². The smallest absolute Gasteiger partial charge is 0.232 e. The Hall–Kier alpha value is -2.08. The maximum atomic E-state index is 12.3. The van der Waals surface area contributed by atoms with Gasteiger partial charge in [0, 0.05) is 12.2 Å². The van der Waals surface area contributed by atoms with E-state index in [1.165, 1.54) is 11.3 Å². The van der Waals surface area contributed by atoms with Gasteiger partial charge in [-0.2, -0.15) is 4.98 Å². The molecule has 5 nitrogen and oxygen atoms in total. The Morgan fingerprint density at radius 2 is 2.00 bits per heavy atom. The number of carbonyl (C=O) groups is 1. The van der Waals surface area contributed by atoms with Gasteiger partial charge in [-0.3, -0.25) is 4.79 Å². The van der Waals surface area contributed by atoms with Crippen LogP contribution in [-0.2, 0) is 4.79 Å². The summed E-state index contributed by atoms with van der Waals surface area (Å²) in [5, 5.41) is 16.7. The lowest BCUT2D eigenvalue weighted by atomic mass is 10.1. The highest BCUT2D eigenvalue weighted by Gasteiger charge is 2.23. The molecule has 0 aliphatic carbocycles. The molecule has 1 aromatic carbocycles. The minimum atomic E-state index is -0.466. The quantitative estimate of drug-likeness (QED) is 0.714. The number of nitrogens with one attached hydrogen (secondary N) is 2. The van der Waals surface area contributed by atoms with Crippen LogP contribution in [0.1, 0.15) is 38.0 Å². The number of carbonyl (C=O) groups excluding carboxylic acids is 1. The molecule has 3 N–H and O–H groups in total. The summed E-state index contributed by atoms with van der Waals surface area (Å²) in [6, 6.07) is 9.28. The topological polar surface area (TPSA) is 74.2 Å². The second-order valence-electron chi connectivity index (χ2n) is 5.68. The first-order valence-electron chi connectivity index (χ1n) is 7.80. The Morgan fingerprint density at radius 1 is 1.30 bits per heavy atom. The van der Waals surface area contributed by atoms with Crippen molar-refractivity contribution in [3.05, 3.63) is 35.2 Å². The fourth-order valence-corrected chi connectivity index (χ4v) is 2.90. The van der Waals surface area contributed by atoms with E-state index in [2.05, 4.69) is 29.5 Å². The van der Waals surface area contributed by atoms with Crippen LogP contribution in [0.25, 0.3) is 0 Å². The molecular formula is C17H23N3O2S. The fourth-order valence-electron chi connectivity index (χ4n) is 1.98. The lowest BCUT2D eigenvalue weighted by molar-refractivity contribution is -0.117. The van der Waals surface area contributed by atoms with Crippen LogP contribution in [-0.4, -0.2) is 22.5 Å². The summed E-state index contributed by atoms with van der Waals surface area (Å²) in [6.45, 7) is 6.85. The van der Waals surface area contributed by atoms with Crippen molar-refractivity contribution in [1.82, 2.24) is 4.98 Å². The summed E-state index contributed by atoms with van der Waals surface area (Å²) < 4.78 is 0. The van der Waals surface area contributed by atoms with Crippen LogP contribution in [0.5, 0.6) is 5.88 Å². The number of nitrogens with zero attached hydrogens (tertiary/aromatic N) is 1. The predicted molar refractivity (Wildman–Crippen MR) is 95.2 cm³/mol. The van der Waals surface area contributed by atoms with Crippen molar-refractivity contribution >= 4 is 28.1 Å². The zero-order chi connectivity index (χ0) is 16.8. The van der Waals surface area contributed by atoms with Gasteiger partial charge >= 0.3 is 0 Å². The first kappa shape index (κ1) is 17.3. The molecule has 0 bridgehead atoms. The lowest BCUT2D eigenvalue weighted by Crippen LogP contribution is -2.18. The maximum Gasteiger partial charge on any atom is 0.232 e. The van der Waals surface area contributed by atoms with Crippen molar-refractivity contribution in [2.45, 2.75) is 33.1 Å². The Bertz CT molecular complexity index is 643. The molecule has 6 heteroatoms. The molecule has 0 fully saturated rings. The molecule has 0 radical (unpaired) electrons. The van der Waals surface area contributed by atoms with Gasteiger partial charge in [-0.15, -0.1) is 0 Å². The van der Waals surface area contributed by atoms with Crippen LogP contribution in [0.3, 0.4) is 0 Å². The number of aromatic hydroxyl groups is 1. The second kappa shape index (κ2) is 7.97. The zero-order valence-electron chi connectivity index (χ0n) is 13.7. The number of para-hydroxylation sites is 1. The number of benzene rings is 1. The monoisotopic (exact) mass is 333 g/mol. The number of anilines is 2. The average molecular weight is 333 g/mol. The third-order valence-electron chi connectivity index (χ3n) is 3.76. The minimum absolute atomic E-state index is 0.0719. The van der Waals surface area contributed by atoms with Gasteiger partial charge < -0.3 is 15.7 Å². The SMILES string of the molecule is CCC(C)CNc1nc(O)c(C(C)C(=O)Nc2ccccc2)s1. The highest BCUT2D eigenvalue weighted by Crippen LogP contribution is 2.35. The van der Waals surface area contributed by atoms with Crippen molar-refractivity contribution in [3.63, 3.8) is 0 Å². The van der Waals surface area contributed by atoms with Gasteiger partial charge in [0.1, 0.15) is 0 Å². The van der Waals surface area contributed by atoms with Gasteiger partial charge in [0.2, 0.25) is 11.8 Å². The first-order chi connectivity index (χ1) is 11.0. The lowest BCUT2D eigenvalue weighted by Gasteiger charge is -2.10. The molecule has 0 aliphatic heterocycles. The Kier molecular flexibility index (Phi) is 5.98. The van der Waals surface area contributed by atoms with Crippen LogP contribution in [0, 0.1) is 5.92 Å². The zero-order valence-corrected chi connectivity index (χ0v) is 14.5. The van der Waals surface area contributed by atoms with Crippen LogP contribution >= 0.6 is 11.3 Å². The van der Waals surface area contributed by atoms with Gasteiger partial charge in [-0.1, -0.05) is 49.8 Å². The summed E-state index contributed by atoms with van der Waals surface area (Å²) in [7, 11) is 0. The number of amides is 1. The molecule has 0 saturated heterocycles. The van der Waals surface area contributed by atoms with Gasteiger partial charge in [0.05, 0.1) is 10.8 Å². The predicted octanol–water partition coefficient (Wildman–Crippen LogP) is 4.05. The van der Waals surface area contributed by atoms with E-state index in [-0.39, 0.29) is 11.8 Å². The highest BCUT2D eigenvalue weighted by molar-refractivity contribution is 7.16. The molecule has 1 heterocycles. The molecule has 0 spiro atoms. The highest BCUT2D eigenvalue weighted by atomic mass is 32.1. The molecular weight excluding hydrogens is 310 g/mol. The number of hydrogen-bond acceptors (Lipinski definition) is 5. The van der Waals surface area contributed by atoms with Gasteiger partial charge in [-0.25, -0.2) is 0 Å². The van der Waals surface area contributed by atoms with Crippen molar-refractivity contribution in [2.24, 2.45) is 5.92 Å². The summed E-state index contributed by atoms with van der Waals surface area (Å²) in [4.78, 5) is 17.0. The van der Waals surface area contributed by atoms with Gasteiger partial charge in [0.15, 0.2) is 5.13 Å². The van der Waals surface area contributed by atoms with Gasteiger partial charge in [0.25, 0.3) is 0 Å². The fraction of sp³-hybridized carbons (Fsp3) is 0.412. The number of aromatic nitrogens is 1. The molecule has 0 saturated carbocycles. The standard InChI is InChI=1S/C17H23N3O2S/c1-4-11(2)10-18-17-20-16(22)14(23-17)12(3)15(21)19-13-8-6-5-7-9-13/h5-9,11-12,22H,4,10H2,1-3H3,(H,18,20)(H,19,21). The van der Waals surface area contributed by atoms with E-state index in [0.29, 0.717) is 15.9 Å². The molecule has 1 aromatic heterocycles. The molecule has 124 valence electrons. The number of hydrogen-bond donors (Lipinski definition) is 3. The van der Waals surface area contributed by atoms with E-state index in [9.17, 15) is 9.90 Å². The van der Waals surface area contributed by atoms with E-state index in [0.717, 1.165) is 18.7 Å². The van der Waals surface area contributed by atoms with Crippen molar-refractivity contribution in [2.75, 3.05) is 17.2 Å². The largest absolute Gasteiger partial charge is 0.492 e. The van der Waals surface area contributed by atoms with Crippen molar-refractivity contribution in [1.29, 1.82) is 0 Å². The summed E-state index contributed by atoms with van der Waals surface area (Å²) >= 11 is 1.33. The van der Waals surface area contributed by atoms with E-state index in [4.69, 9.17) is 0 Å². The minimum Gasteiger partial charge on any atom is -0.492 e. The second-order valence-corrected chi connectivity index (χ2v) is 6.71. The number of rotatable bonds is 7. The van der Waals surface area contributed by atoms with Crippen LogP contribution in [0.15, 0.2) is 30.3 Å². The van der Waals surface area contributed by atoms with E-state index >= 15 is 0 Å². The van der Waals surface area contributed by atoms with Crippen LogP contribution in [0.2, 0.25) is 0 Å². The average Bonchev–Trinajstić information content (AvgIpc) is 2.93. The van der Waals surface area contributed by atoms with E-state index in [1.807, 2.05) is 30.3 Å². The Balaban J connectivity index is 2.02. The normalized spacial score (nSPS) is 13.3. The first-order valence-corrected chi connectivity index (χ1v) is 8.62. The molecule has 2 atom stereocenters. The summed E-state index contributed by atoms with van der Waals surface area (Å²) in [5.41, 5.74) is 0.739. The molecule has 0 aliphatic rings. The molecule has 2 rings (SSSR count). The van der Waals surface area contributed by atoms with Crippen LogP contribution in [0.4, 0.5) is 10.8 Å². The Morgan fingerprint density at radius 3 is 2.65 bits per heavy atom. The van der Waals surface area contributed by atoms with Crippen LogP contribution < -0.4 is 10.6 Å². The number of thiazole rings is 1.